The topological polar surface area (TPSA) is 164 Å². The zero-order chi connectivity index (χ0) is 42.4. The second-order valence-electron chi connectivity index (χ2n) is 14.3. The molecule has 0 unspecified atom stereocenters. The van der Waals surface area contributed by atoms with E-state index in [0.29, 0.717) is 40.5 Å². The molecule has 0 radical (unpaired) electrons. The lowest BCUT2D eigenvalue weighted by molar-refractivity contribution is -0.146. The molecule has 4 rings (SSSR count). The van der Waals surface area contributed by atoms with Gasteiger partial charge in [0.25, 0.3) is 0 Å². The van der Waals surface area contributed by atoms with Gasteiger partial charge in [-0.1, -0.05) is 43.7 Å². The second kappa shape index (κ2) is 21.6. The summed E-state index contributed by atoms with van der Waals surface area (Å²) >= 11 is 0. The molecule has 1 fully saturated rings. The fourth-order valence-corrected chi connectivity index (χ4v) is 6.62. The molecular formula is C43H58N6O9. The van der Waals surface area contributed by atoms with E-state index in [-0.39, 0.29) is 72.0 Å². The number of nitrogens with zero attached hydrogens (tertiary/aromatic N) is 5. The third-order valence-corrected chi connectivity index (χ3v) is 10.2. The first-order valence-electron chi connectivity index (χ1n) is 19.4. The highest BCUT2D eigenvalue weighted by molar-refractivity contribution is 5.93. The average molecular weight is 803 g/mol. The summed E-state index contributed by atoms with van der Waals surface area (Å²) in [4.78, 5) is 78.4. The molecular weight excluding hydrogens is 745 g/mol. The number of unbranched alkanes of at least 4 members (excludes halogenated alkanes) is 1. The van der Waals surface area contributed by atoms with Crippen molar-refractivity contribution in [3.05, 3.63) is 82.4 Å². The molecule has 2 N–H and O–H groups in total. The van der Waals surface area contributed by atoms with E-state index in [4.69, 9.17) is 24.7 Å². The van der Waals surface area contributed by atoms with E-state index in [1.165, 1.54) is 52.9 Å². The molecule has 0 bridgehead atoms. The van der Waals surface area contributed by atoms with Crippen molar-refractivity contribution in [3.63, 3.8) is 0 Å². The largest absolute Gasteiger partial charge is 0.493 e. The lowest BCUT2D eigenvalue weighted by atomic mass is 10.1. The van der Waals surface area contributed by atoms with Gasteiger partial charge in [0.15, 0.2) is 23.0 Å². The van der Waals surface area contributed by atoms with Crippen molar-refractivity contribution in [2.45, 2.75) is 53.2 Å². The van der Waals surface area contributed by atoms with Gasteiger partial charge in [-0.2, -0.15) is 0 Å². The van der Waals surface area contributed by atoms with Gasteiger partial charge in [-0.3, -0.25) is 24.0 Å². The van der Waals surface area contributed by atoms with Crippen LogP contribution in [0.3, 0.4) is 0 Å². The smallest absolute Gasteiger partial charge is 0.242 e. The standard InChI is InChI=1S/C43H58N6O9/c1-8-9-17-45-25-41(52)49(24-34-13-15-36(56-5)38(21-34)58-7)29-43(54)47(22-32-11-10-30(2)31(3)19-32)28-40(51)46(18-16-44)26-42(53)48(27-39(45)50)23-33-12-14-35(55-4)37(20-33)57-6/h10-15,19-21H,8-9,16-18,22-29,44H2,1-7H3. The molecule has 0 saturated carbocycles. The minimum absolute atomic E-state index is 0.00459. The van der Waals surface area contributed by atoms with Crippen LogP contribution in [0, 0.1) is 13.8 Å². The van der Waals surface area contributed by atoms with Crippen LogP contribution in [-0.4, -0.2) is 135 Å². The zero-order valence-corrected chi connectivity index (χ0v) is 34.9. The van der Waals surface area contributed by atoms with E-state index in [1.807, 2.05) is 39.0 Å². The Kier molecular flexibility index (Phi) is 16.7. The molecule has 5 amide bonds. The van der Waals surface area contributed by atoms with Gasteiger partial charge in [-0.25, -0.2) is 0 Å². The number of ether oxygens (including phenoxy) is 4. The first-order valence-corrected chi connectivity index (χ1v) is 19.4. The first kappa shape index (κ1) is 44.9. The molecule has 1 saturated heterocycles. The van der Waals surface area contributed by atoms with E-state index in [9.17, 15) is 24.0 Å². The number of methoxy groups -OCH3 is 4. The number of nitrogens with two attached hydrogens (primary N) is 1. The molecule has 15 heteroatoms. The molecule has 58 heavy (non-hydrogen) atoms. The van der Waals surface area contributed by atoms with E-state index >= 15 is 0 Å². The number of hydrogen-bond donors (Lipinski definition) is 1. The Bertz CT molecular complexity index is 1920. The molecule has 0 aromatic heterocycles. The highest BCUT2D eigenvalue weighted by atomic mass is 16.5. The Morgan fingerprint density at radius 2 is 0.845 bits per heavy atom. The summed E-state index contributed by atoms with van der Waals surface area (Å²) < 4.78 is 21.8. The van der Waals surface area contributed by atoms with Crippen molar-refractivity contribution in [3.8, 4) is 23.0 Å². The summed E-state index contributed by atoms with van der Waals surface area (Å²) in [5.41, 5.74) is 10.1. The molecule has 1 heterocycles. The maximum Gasteiger partial charge on any atom is 0.242 e. The molecule has 0 atom stereocenters. The Balaban J connectivity index is 1.81. The van der Waals surface area contributed by atoms with Gasteiger partial charge in [0, 0.05) is 39.3 Å². The number of hydrogen-bond acceptors (Lipinski definition) is 10. The highest BCUT2D eigenvalue weighted by Crippen LogP contribution is 2.29. The Morgan fingerprint density at radius 1 is 0.483 bits per heavy atom. The minimum atomic E-state index is -0.510. The summed E-state index contributed by atoms with van der Waals surface area (Å²) in [5.74, 6) is -0.585. The molecule has 3 aromatic carbocycles. The van der Waals surface area contributed by atoms with Crippen molar-refractivity contribution < 1.29 is 42.9 Å². The van der Waals surface area contributed by atoms with E-state index < -0.39 is 29.5 Å². The second-order valence-corrected chi connectivity index (χ2v) is 14.3. The third kappa shape index (κ3) is 12.1. The molecule has 0 aliphatic carbocycles. The maximum atomic E-state index is 14.4. The Morgan fingerprint density at radius 3 is 1.22 bits per heavy atom. The van der Waals surface area contributed by atoms with Gasteiger partial charge in [0.2, 0.25) is 29.5 Å². The summed E-state index contributed by atoms with van der Waals surface area (Å²) in [6.45, 7) is 4.45. The number of amides is 5. The van der Waals surface area contributed by atoms with Crippen LogP contribution in [0.15, 0.2) is 54.6 Å². The fraction of sp³-hybridized carbons (Fsp3) is 0.465. The SMILES string of the molecule is CCCCN1CC(=O)N(Cc2ccc(OC)c(OC)c2)CC(=O)N(Cc2ccc(C)c(C)c2)CC(=O)N(CCN)CC(=O)N(Cc2ccc(OC)c(OC)c2)CC1=O. The molecule has 0 spiro atoms. The van der Waals surface area contributed by atoms with Crippen molar-refractivity contribution in [2.75, 3.05) is 80.8 Å². The van der Waals surface area contributed by atoms with Crippen molar-refractivity contribution in [2.24, 2.45) is 5.73 Å². The number of carbonyl (C=O) groups is 5. The summed E-state index contributed by atoms with van der Waals surface area (Å²) in [6.07, 6.45) is 1.34. The van der Waals surface area contributed by atoms with Crippen LogP contribution in [0.1, 0.15) is 47.6 Å². The Hall–Kier alpha value is -5.83. The van der Waals surface area contributed by atoms with Gasteiger partial charge in [-0.15, -0.1) is 0 Å². The Labute approximate surface area is 341 Å². The molecule has 3 aromatic rings. The lowest BCUT2D eigenvalue weighted by Crippen LogP contribution is -2.50. The minimum Gasteiger partial charge on any atom is -0.493 e. The van der Waals surface area contributed by atoms with Crippen LogP contribution < -0.4 is 24.7 Å². The first-order chi connectivity index (χ1) is 27.8. The van der Waals surface area contributed by atoms with E-state index in [0.717, 1.165) is 23.1 Å². The van der Waals surface area contributed by atoms with Gasteiger partial charge in [0.1, 0.15) is 19.6 Å². The quantitative estimate of drug-likeness (QED) is 0.242. The molecule has 1 aliphatic heterocycles. The molecule has 1 aliphatic rings. The fourth-order valence-electron chi connectivity index (χ4n) is 6.62. The van der Waals surface area contributed by atoms with Crippen LogP contribution in [0.4, 0.5) is 0 Å². The van der Waals surface area contributed by atoms with Gasteiger partial charge >= 0.3 is 0 Å². The van der Waals surface area contributed by atoms with Crippen molar-refractivity contribution >= 4 is 29.5 Å². The van der Waals surface area contributed by atoms with Crippen molar-refractivity contribution in [1.82, 2.24) is 24.5 Å². The monoisotopic (exact) mass is 802 g/mol. The molecule has 15 nitrogen and oxygen atoms in total. The number of benzene rings is 3. The van der Waals surface area contributed by atoms with Gasteiger partial charge < -0.3 is 49.2 Å². The average Bonchev–Trinajstić information content (AvgIpc) is 3.21. The van der Waals surface area contributed by atoms with Crippen LogP contribution in [0.25, 0.3) is 0 Å². The van der Waals surface area contributed by atoms with Crippen LogP contribution in [0.5, 0.6) is 23.0 Å². The summed E-state index contributed by atoms with van der Waals surface area (Å²) in [7, 11) is 6.05. The zero-order valence-electron chi connectivity index (χ0n) is 34.9. The predicted octanol–water partition coefficient (Wildman–Crippen LogP) is 3.15. The van der Waals surface area contributed by atoms with Crippen LogP contribution >= 0.6 is 0 Å². The summed E-state index contributed by atoms with van der Waals surface area (Å²) in [5, 5.41) is 0. The maximum absolute atomic E-state index is 14.4. The molecule has 314 valence electrons. The number of aryl methyl sites for hydroxylation is 2. The highest BCUT2D eigenvalue weighted by Gasteiger charge is 2.31. The van der Waals surface area contributed by atoms with Crippen molar-refractivity contribution in [1.29, 1.82) is 0 Å². The number of rotatable bonds is 15. The predicted molar refractivity (Wildman–Crippen MR) is 218 cm³/mol. The van der Waals surface area contributed by atoms with E-state index in [1.54, 1.807) is 36.4 Å². The normalized spacial score (nSPS) is 15.1. The summed E-state index contributed by atoms with van der Waals surface area (Å²) in [6, 6.07) is 16.2. The van der Waals surface area contributed by atoms with Crippen LogP contribution in [-0.2, 0) is 43.6 Å². The van der Waals surface area contributed by atoms with Gasteiger partial charge in [-0.05, 0) is 72.4 Å². The third-order valence-electron chi connectivity index (χ3n) is 10.2. The van der Waals surface area contributed by atoms with Gasteiger partial charge in [0.05, 0.1) is 41.5 Å². The number of carbonyl (C=O) groups excluding carboxylic acids is 5. The van der Waals surface area contributed by atoms with Crippen LogP contribution in [0.2, 0.25) is 0 Å². The lowest BCUT2D eigenvalue weighted by Gasteiger charge is -2.31. The van der Waals surface area contributed by atoms with E-state index in [2.05, 4.69) is 0 Å².